The SMILES string of the molecule is C#CCCC1(CCC(=O)Nc2cccc3c2CCN(S(=O)(=O)CC)C3)N=N1. The molecule has 0 fully saturated rings. The zero-order chi connectivity index (χ0) is 19.5. The van der Waals surface area contributed by atoms with E-state index in [-0.39, 0.29) is 11.7 Å². The van der Waals surface area contributed by atoms with Crippen LogP contribution in [0.15, 0.2) is 28.4 Å². The molecule has 3 rings (SSSR count). The highest BCUT2D eigenvalue weighted by atomic mass is 32.2. The van der Waals surface area contributed by atoms with Crippen LogP contribution in [0.4, 0.5) is 5.69 Å². The van der Waals surface area contributed by atoms with E-state index in [2.05, 4.69) is 21.5 Å². The second kappa shape index (κ2) is 7.79. The number of amides is 1. The van der Waals surface area contributed by atoms with Crippen molar-refractivity contribution in [2.45, 2.75) is 51.2 Å². The monoisotopic (exact) mass is 388 g/mol. The molecule has 144 valence electrons. The van der Waals surface area contributed by atoms with Crippen molar-refractivity contribution in [2.75, 3.05) is 17.6 Å². The molecule has 1 N–H and O–H groups in total. The van der Waals surface area contributed by atoms with Gasteiger partial charge >= 0.3 is 0 Å². The summed E-state index contributed by atoms with van der Waals surface area (Å²) < 4.78 is 25.7. The molecule has 0 radical (unpaired) electrons. The quantitative estimate of drug-likeness (QED) is 0.694. The lowest BCUT2D eigenvalue weighted by atomic mass is 9.98. The van der Waals surface area contributed by atoms with Crippen molar-refractivity contribution >= 4 is 21.6 Å². The molecule has 2 aliphatic rings. The van der Waals surface area contributed by atoms with Crippen LogP contribution in [0.5, 0.6) is 0 Å². The number of hydrogen-bond donors (Lipinski definition) is 1. The standard InChI is InChI=1S/C19H24N4O3S/c1-3-5-11-19(21-22-19)12-9-18(24)20-17-8-6-7-15-14-23(13-10-16(15)17)27(25,26)4-2/h1,6-8H,4-5,9-14H2,2H3,(H,20,24). The zero-order valence-corrected chi connectivity index (χ0v) is 16.3. The Labute approximate surface area is 160 Å². The van der Waals surface area contributed by atoms with Crippen molar-refractivity contribution in [3.8, 4) is 12.3 Å². The van der Waals surface area contributed by atoms with Gasteiger partial charge in [-0.3, -0.25) is 4.79 Å². The Balaban J connectivity index is 1.61. The number of hydrogen-bond acceptors (Lipinski definition) is 5. The van der Waals surface area contributed by atoms with Crippen LogP contribution >= 0.6 is 0 Å². The molecule has 1 aromatic rings. The van der Waals surface area contributed by atoms with Crippen LogP contribution < -0.4 is 5.32 Å². The van der Waals surface area contributed by atoms with Crippen molar-refractivity contribution < 1.29 is 13.2 Å². The fourth-order valence-corrected chi connectivity index (χ4v) is 4.39. The van der Waals surface area contributed by atoms with Crippen LogP contribution in [0.1, 0.15) is 43.7 Å². The van der Waals surface area contributed by atoms with Gasteiger partial charge in [-0.15, -0.1) is 12.3 Å². The second-order valence-corrected chi connectivity index (χ2v) is 9.12. The Bertz CT molecular complexity index is 896. The number of sulfonamides is 1. The van der Waals surface area contributed by atoms with Crippen molar-refractivity contribution in [2.24, 2.45) is 10.2 Å². The molecule has 0 saturated heterocycles. The Hall–Kier alpha value is -2.24. The molecule has 0 saturated carbocycles. The summed E-state index contributed by atoms with van der Waals surface area (Å²) in [7, 11) is -3.21. The highest BCUT2D eigenvalue weighted by molar-refractivity contribution is 7.89. The van der Waals surface area contributed by atoms with Gasteiger partial charge in [-0.2, -0.15) is 14.5 Å². The molecule has 0 atom stereocenters. The minimum atomic E-state index is -3.21. The van der Waals surface area contributed by atoms with Crippen molar-refractivity contribution in [3.05, 3.63) is 29.3 Å². The van der Waals surface area contributed by atoms with Crippen LogP contribution in [0.25, 0.3) is 0 Å². The highest BCUT2D eigenvalue weighted by Gasteiger charge is 2.39. The molecule has 8 heteroatoms. The van der Waals surface area contributed by atoms with Gasteiger partial charge in [0.25, 0.3) is 0 Å². The summed E-state index contributed by atoms with van der Waals surface area (Å²) in [4.78, 5) is 12.4. The second-order valence-electron chi connectivity index (χ2n) is 6.86. The van der Waals surface area contributed by atoms with Gasteiger partial charge in [0.2, 0.25) is 15.9 Å². The molecule has 0 unspecified atom stereocenters. The molecule has 1 aromatic carbocycles. The smallest absolute Gasteiger partial charge is 0.224 e. The van der Waals surface area contributed by atoms with E-state index in [0.717, 1.165) is 16.8 Å². The molecule has 0 bridgehead atoms. The van der Waals surface area contributed by atoms with E-state index in [0.29, 0.717) is 45.2 Å². The Morgan fingerprint density at radius 3 is 2.81 bits per heavy atom. The predicted molar refractivity (Wildman–Crippen MR) is 104 cm³/mol. The van der Waals surface area contributed by atoms with Gasteiger partial charge in [-0.05, 0) is 30.5 Å². The number of nitrogens with one attached hydrogen (secondary N) is 1. The van der Waals surface area contributed by atoms with E-state index in [1.54, 1.807) is 6.92 Å². The van der Waals surface area contributed by atoms with Crippen molar-refractivity contribution in [3.63, 3.8) is 0 Å². The van der Waals surface area contributed by atoms with Gasteiger partial charge < -0.3 is 5.32 Å². The highest BCUT2D eigenvalue weighted by Crippen LogP contribution is 2.37. The molecule has 0 aromatic heterocycles. The molecule has 1 amide bonds. The molecule has 0 aliphatic carbocycles. The number of terminal acetylenes is 1. The number of rotatable bonds is 8. The predicted octanol–water partition coefficient (Wildman–Crippen LogP) is 2.69. The summed E-state index contributed by atoms with van der Waals surface area (Å²) in [6, 6.07) is 5.62. The zero-order valence-electron chi connectivity index (χ0n) is 15.4. The molecule has 2 aliphatic heterocycles. The van der Waals surface area contributed by atoms with Crippen LogP contribution in [0, 0.1) is 12.3 Å². The van der Waals surface area contributed by atoms with E-state index >= 15 is 0 Å². The summed E-state index contributed by atoms with van der Waals surface area (Å²) in [6.07, 6.45) is 8.01. The minimum absolute atomic E-state index is 0.0932. The maximum atomic E-state index is 12.4. The number of carbonyl (C=O) groups excluding carboxylic acids is 1. The van der Waals surface area contributed by atoms with Crippen molar-refractivity contribution in [1.29, 1.82) is 0 Å². The number of benzene rings is 1. The third-order valence-electron chi connectivity index (χ3n) is 5.07. The van der Waals surface area contributed by atoms with Gasteiger partial charge in [0.1, 0.15) is 0 Å². The lowest BCUT2D eigenvalue weighted by molar-refractivity contribution is -0.116. The lowest BCUT2D eigenvalue weighted by Gasteiger charge is -2.29. The third kappa shape index (κ3) is 4.54. The van der Waals surface area contributed by atoms with E-state index in [1.165, 1.54) is 4.31 Å². The van der Waals surface area contributed by atoms with Gasteiger partial charge in [-0.1, -0.05) is 12.1 Å². The number of fused-ring (bicyclic) bond motifs is 1. The first kappa shape index (κ1) is 19.5. The van der Waals surface area contributed by atoms with Crippen LogP contribution in [-0.4, -0.2) is 36.6 Å². The summed E-state index contributed by atoms with van der Waals surface area (Å²) >= 11 is 0. The molecule has 2 heterocycles. The maximum absolute atomic E-state index is 12.4. The number of anilines is 1. The van der Waals surface area contributed by atoms with Crippen LogP contribution in [-0.2, 0) is 27.8 Å². The van der Waals surface area contributed by atoms with Gasteiger partial charge in [0.05, 0.1) is 5.75 Å². The van der Waals surface area contributed by atoms with Crippen LogP contribution in [0.2, 0.25) is 0 Å². The largest absolute Gasteiger partial charge is 0.326 e. The topological polar surface area (TPSA) is 91.2 Å². The third-order valence-corrected chi connectivity index (χ3v) is 6.90. The Kier molecular flexibility index (Phi) is 5.63. The molecule has 27 heavy (non-hydrogen) atoms. The van der Waals surface area contributed by atoms with Crippen molar-refractivity contribution in [1.82, 2.24) is 4.31 Å². The van der Waals surface area contributed by atoms with E-state index < -0.39 is 15.7 Å². The fraction of sp³-hybridized carbons (Fsp3) is 0.526. The maximum Gasteiger partial charge on any atom is 0.224 e. The lowest BCUT2D eigenvalue weighted by Crippen LogP contribution is -2.37. The summed E-state index contributed by atoms with van der Waals surface area (Å²) in [5.74, 6) is 2.58. The van der Waals surface area contributed by atoms with E-state index in [4.69, 9.17) is 6.42 Å². The summed E-state index contributed by atoms with van der Waals surface area (Å²) in [6.45, 7) is 2.43. The molecule has 0 spiro atoms. The summed E-state index contributed by atoms with van der Waals surface area (Å²) in [5.41, 5.74) is 2.24. The molecular weight excluding hydrogens is 364 g/mol. The van der Waals surface area contributed by atoms with Crippen LogP contribution in [0.3, 0.4) is 0 Å². The van der Waals surface area contributed by atoms with E-state index in [9.17, 15) is 13.2 Å². The fourth-order valence-electron chi connectivity index (χ4n) is 3.32. The van der Waals surface area contributed by atoms with E-state index in [1.807, 2.05) is 18.2 Å². The number of carbonyl (C=O) groups is 1. The van der Waals surface area contributed by atoms with Gasteiger partial charge in [-0.25, -0.2) is 8.42 Å². The average Bonchev–Trinajstić information content (AvgIpc) is 3.45. The molecular formula is C19H24N4O3S. The normalized spacial score (nSPS) is 17.8. The first-order chi connectivity index (χ1) is 12.9. The average molecular weight is 388 g/mol. The molecule has 7 nitrogen and oxygen atoms in total. The van der Waals surface area contributed by atoms with Gasteiger partial charge in [0, 0.05) is 44.5 Å². The first-order valence-corrected chi connectivity index (χ1v) is 10.8. The Morgan fingerprint density at radius 1 is 1.37 bits per heavy atom. The van der Waals surface area contributed by atoms with Gasteiger partial charge in [0.15, 0.2) is 5.66 Å². The summed E-state index contributed by atoms with van der Waals surface area (Å²) in [5, 5.41) is 11.1. The Morgan fingerprint density at radius 2 is 2.15 bits per heavy atom. The number of nitrogens with zero attached hydrogens (tertiary/aromatic N) is 3. The first-order valence-electron chi connectivity index (χ1n) is 9.15. The minimum Gasteiger partial charge on any atom is -0.326 e.